The molecule has 0 amide bonds. The standard InChI is InChI=1S/C13H14ClNS2/c1-16-12-6-4-10(5-7-12)13-15-11(9-17-13)3-2-8-14/h4-7,9H,2-3,8H2,1H3. The number of alkyl halides is 1. The number of nitrogens with zero attached hydrogens (tertiary/aromatic N) is 1. The SMILES string of the molecule is CSc1ccc(-c2nc(CCCCl)cs2)cc1. The van der Waals surface area contributed by atoms with Crippen molar-refractivity contribution in [3.63, 3.8) is 0 Å². The van der Waals surface area contributed by atoms with Crippen LogP contribution in [0.3, 0.4) is 0 Å². The van der Waals surface area contributed by atoms with E-state index in [2.05, 4.69) is 40.9 Å². The molecule has 0 radical (unpaired) electrons. The summed E-state index contributed by atoms with van der Waals surface area (Å²) in [6.45, 7) is 0. The fraction of sp³-hybridized carbons (Fsp3) is 0.308. The molecule has 0 fully saturated rings. The van der Waals surface area contributed by atoms with Gasteiger partial charge in [-0.2, -0.15) is 0 Å². The number of thiazole rings is 1. The molecular weight excluding hydrogens is 270 g/mol. The van der Waals surface area contributed by atoms with E-state index in [9.17, 15) is 0 Å². The zero-order valence-corrected chi connectivity index (χ0v) is 12.0. The van der Waals surface area contributed by atoms with Gasteiger partial charge >= 0.3 is 0 Å². The molecule has 90 valence electrons. The Morgan fingerprint density at radius 1 is 1.29 bits per heavy atom. The van der Waals surface area contributed by atoms with Crippen molar-refractivity contribution in [2.45, 2.75) is 17.7 Å². The highest BCUT2D eigenvalue weighted by molar-refractivity contribution is 7.98. The van der Waals surface area contributed by atoms with Gasteiger partial charge in [-0.1, -0.05) is 12.1 Å². The fourth-order valence-corrected chi connectivity index (χ4v) is 2.94. The lowest BCUT2D eigenvalue weighted by molar-refractivity contribution is 0.900. The molecule has 2 rings (SSSR count). The van der Waals surface area contributed by atoms with Crippen LogP contribution in [0.2, 0.25) is 0 Å². The molecule has 0 saturated carbocycles. The monoisotopic (exact) mass is 283 g/mol. The summed E-state index contributed by atoms with van der Waals surface area (Å²) in [6.07, 6.45) is 4.06. The Morgan fingerprint density at radius 3 is 2.71 bits per heavy atom. The van der Waals surface area contributed by atoms with Crippen LogP contribution in [0.5, 0.6) is 0 Å². The Morgan fingerprint density at radius 2 is 2.06 bits per heavy atom. The topological polar surface area (TPSA) is 12.9 Å². The third-order valence-corrected chi connectivity index (χ3v) is 4.41. The summed E-state index contributed by atoms with van der Waals surface area (Å²) < 4.78 is 0. The summed E-state index contributed by atoms with van der Waals surface area (Å²) in [5.74, 6) is 0.704. The van der Waals surface area contributed by atoms with Crippen molar-refractivity contribution in [3.8, 4) is 10.6 Å². The minimum Gasteiger partial charge on any atom is -0.241 e. The molecule has 0 N–H and O–H groups in total. The van der Waals surface area contributed by atoms with Crippen LogP contribution < -0.4 is 0 Å². The molecule has 0 unspecified atom stereocenters. The summed E-state index contributed by atoms with van der Waals surface area (Å²) in [5.41, 5.74) is 2.35. The first-order valence-electron chi connectivity index (χ1n) is 5.48. The second kappa shape index (κ2) is 6.43. The second-order valence-electron chi connectivity index (χ2n) is 3.67. The van der Waals surface area contributed by atoms with Crippen LogP contribution in [-0.4, -0.2) is 17.1 Å². The first kappa shape index (κ1) is 12.9. The van der Waals surface area contributed by atoms with Gasteiger partial charge in [-0.3, -0.25) is 0 Å². The van der Waals surface area contributed by atoms with Gasteiger partial charge in [-0.25, -0.2) is 4.98 Å². The Hall–Kier alpha value is -0.510. The number of hydrogen-bond donors (Lipinski definition) is 0. The molecule has 0 aliphatic carbocycles. The normalized spacial score (nSPS) is 10.7. The van der Waals surface area contributed by atoms with E-state index in [4.69, 9.17) is 11.6 Å². The Balaban J connectivity index is 2.12. The molecule has 17 heavy (non-hydrogen) atoms. The number of halogens is 1. The van der Waals surface area contributed by atoms with Crippen molar-refractivity contribution in [1.82, 2.24) is 4.98 Å². The zero-order chi connectivity index (χ0) is 12.1. The van der Waals surface area contributed by atoms with Gasteiger partial charge in [0.2, 0.25) is 0 Å². The van der Waals surface area contributed by atoms with Crippen LogP contribution in [-0.2, 0) is 6.42 Å². The first-order chi connectivity index (χ1) is 8.33. The molecule has 0 bridgehead atoms. The van der Waals surface area contributed by atoms with Crippen LogP contribution in [0.4, 0.5) is 0 Å². The molecule has 1 heterocycles. The highest BCUT2D eigenvalue weighted by Gasteiger charge is 2.04. The highest BCUT2D eigenvalue weighted by atomic mass is 35.5. The smallest absolute Gasteiger partial charge is 0.123 e. The molecule has 0 aliphatic rings. The van der Waals surface area contributed by atoms with Gasteiger partial charge < -0.3 is 0 Å². The van der Waals surface area contributed by atoms with E-state index in [0.29, 0.717) is 5.88 Å². The summed E-state index contributed by atoms with van der Waals surface area (Å²) in [6, 6.07) is 8.55. The fourth-order valence-electron chi connectivity index (χ4n) is 1.54. The number of rotatable bonds is 5. The Labute approximate surface area is 115 Å². The van der Waals surface area contributed by atoms with E-state index in [1.165, 1.54) is 10.5 Å². The minimum atomic E-state index is 0.704. The number of thioether (sulfide) groups is 1. The van der Waals surface area contributed by atoms with Gasteiger partial charge in [0.15, 0.2) is 0 Å². The average Bonchev–Trinajstić information content (AvgIpc) is 2.85. The van der Waals surface area contributed by atoms with Crippen LogP contribution >= 0.6 is 34.7 Å². The van der Waals surface area contributed by atoms with Crippen LogP contribution in [0, 0.1) is 0 Å². The predicted octanol–water partition coefficient (Wildman–Crippen LogP) is 4.70. The van der Waals surface area contributed by atoms with Gasteiger partial charge in [0.25, 0.3) is 0 Å². The van der Waals surface area contributed by atoms with Crippen LogP contribution in [0.1, 0.15) is 12.1 Å². The number of benzene rings is 1. The Kier molecular flexibility index (Phi) is 4.89. The van der Waals surface area contributed by atoms with Crippen molar-refractivity contribution >= 4 is 34.7 Å². The minimum absolute atomic E-state index is 0.704. The van der Waals surface area contributed by atoms with E-state index in [-0.39, 0.29) is 0 Å². The summed E-state index contributed by atoms with van der Waals surface area (Å²) in [4.78, 5) is 5.91. The molecule has 0 aliphatic heterocycles. The van der Waals surface area contributed by atoms with Gasteiger partial charge in [0, 0.05) is 21.7 Å². The Bertz CT molecular complexity index is 465. The zero-order valence-electron chi connectivity index (χ0n) is 9.65. The third kappa shape index (κ3) is 3.47. The molecule has 1 nitrogen and oxygen atoms in total. The molecule has 2 aromatic rings. The summed E-state index contributed by atoms with van der Waals surface area (Å²) in [5, 5.41) is 3.23. The molecule has 0 atom stereocenters. The average molecular weight is 284 g/mol. The molecule has 0 saturated heterocycles. The maximum Gasteiger partial charge on any atom is 0.123 e. The third-order valence-electron chi connectivity index (χ3n) is 2.46. The van der Waals surface area contributed by atoms with Gasteiger partial charge in [-0.15, -0.1) is 34.7 Å². The molecule has 4 heteroatoms. The van der Waals surface area contributed by atoms with Crippen molar-refractivity contribution in [2.24, 2.45) is 0 Å². The van der Waals surface area contributed by atoms with Crippen molar-refractivity contribution in [1.29, 1.82) is 0 Å². The number of hydrogen-bond acceptors (Lipinski definition) is 3. The van der Waals surface area contributed by atoms with Crippen molar-refractivity contribution in [3.05, 3.63) is 35.3 Å². The largest absolute Gasteiger partial charge is 0.241 e. The van der Waals surface area contributed by atoms with E-state index in [1.54, 1.807) is 23.1 Å². The maximum atomic E-state index is 5.68. The van der Waals surface area contributed by atoms with Crippen LogP contribution in [0.15, 0.2) is 34.5 Å². The second-order valence-corrected chi connectivity index (χ2v) is 5.78. The summed E-state index contributed by atoms with van der Waals surface area (Å²) >= 11 is 9.14. The molecule has 1 aromatic carbocycles. The lowest BCUT2D eigenvalue weighted by Gasteiger charge is -1.98. The molecular formula is C13H14ClNS2. The first-order valence-corrected chi connectivity index (χ1v) is 8.12. The van der Waals surface area contributed by atoms with Crippen LogP contribution in [0.25, 0.3) is 10.6 Å². The van der Waals surface area contributed by atoms with Gasteiger partial charge in [0.1, 0.15) is 5.01 Å². The lowest BCUT2D eigenvalue weighted by atomic mass is 10.2. The predicted molar refractivity (Wildman–Crippen MR) is 78.4 cm³/mol. The highest BCUT2D eigenvalue weighted by Crippen LogP contribution is 2.26. The van der Waals surface area contributed by atoms with E-state index < -0.39 is 0 Å². The van der Waals surface area contributed by atoms with E-state index >= 15 is 0 Å². The van der Waals surface area contributed by atoms with E-state index in [0.717, 1.165) is 23.5 Å². The summed E-state index contributed by atoms with van der Waals surface area (Å²) in [7, 11) is 0. The van der Waals surface area contributed by atoms with Crippen molar-refractivity contribution < 1.29 is 0 Å². The van der Waals surface area contributed by atoms with E-state index in [1.807, 2.05) is 0 Å². The van der Waals surface area contributed by atoms with Gasteiger partial charge in [0.05, 0.1) is 5.69 Å². The number of aromatic nitrogens is 1. The van der Waals surface area contributed by atoms with Gasteiger partial charge in [-0.05, 0) is 31.2 Å². The lowest BCUT2D eigenvalue weighted by Crippen LogP contribution is -1.86. The maximum absolute atomic E-state index is 5.68. The number of aryl methyl sites for hydroxylation is 1. The quantitative estimate of drug-likeness (QED) is 0.582. The molecule has 1 aromatic heterocycles. The van der Waals surface area contributed by atoms with Crippen molar-refractivity contribution in [2.75, 3.05) is 12.1 Å². The molecule has 0 spiro atoms.